The number of piperazine rings is 1. The van der Waals surface area contributed by atoms with E-state index in [0.29, 0.717) is 19.6 Å². The number of carboxylic acids is 1. The van der Waals surface area contributed by atoms with E-state index in [9.17, 15) is 14.7 Å². The summed E-state index contributed by atoms with van der Waals surface area (Å²) in [5.74, 6) is -0.960. The van der Waals surface area contributed by atoms with Gasteiger partial charge in [0.25, 0.3) is 0 Å². The number of rotatable bonds is 7. The van der Waals surface area contributed by atoms with Gasteiger partial charge in [-0.3, -0.25) is 0 Å². The third kappa shape index (κ3) is 6.98. The molecule has 1 aromatic heterocycles. The number of halogens is 1. The fourth-order valence-corrected chi connectivity index (χ4v) is 3.75. The molecule has 1 fully saturated rings. The van der Waals surface area contributed by atoms with Gasteiger partial charge in [-0.15, -0.1) is 0 Å². The smallest absolute Gasteiger partial charge is 0.410 e. The molecule has 2 aromatic rings. The number of benzene rings is 1. The molecule has 0 bridgehead atoms. The van der Waals surface area contributed by atoms with E-state index in [0.717, 1.165) is 5.56 Å². The van der Waals surface area contributed by atoms with Crippen LogP contribution in [0.2, 0.25) is 5.15 Å². The van der Waals surface area contributed by atoms with Gasteiger partial charge in [-0.05, 0) is 33.3 Å². The SMILES string of the molecule is C[C@H](Nc1nc(Cl)cc(OC[C@H]2CN(C(=O)OC(C)(C)C)CCN2)c1C(=O)O)c1ccccc1. The maximum absolute atomic E-state index is 12.4. The molecule has 0 spiro atoms. The van der Waals surface area contributed by atoms with E-state index in [2.05, 4.69) is 15.6 Å². The summed E-state index contributed by atoms with van der Waals surface area (Å²) >= 11 is 6.19. The van der Waals surface area contributed by atoms with Gasteiger partial charge in [0, 0.05) is 31.7 Å². The first kappa shape index (κ1) is 25.6. The van der Waals surface area contributed by atoms with Crippen LogP contribution in [0.15, 0.2) is 36.4 Å². The van der Waals surface area contributed by atoms with Gasteiger partial charge in [0.2, 0.25) is 0 Å². The molecule has 1 saturated heterocycles. The van der Waals surface area contributed by atoms with Crippen LogP contribution < -0.4 is 15.4 Å². The van der Waals surface area contributed by atoms with E-state index in [-0.39, 0.29) is 41.0 Å². The molecule has 2 atom stereocenters. The van der Waals surface area contributed by atoms with E-state index in [1.165, 1.54) is 6.07 Å². The number of carbonyl (C=O) groups is 2. The minimum atomic E-state index is -1.19. The first-order valence-electron chi connectivity index (χ1n) is 11.1. The Morgan fingerprint density at radius 3 is 2.68 bits per heavy atom. The molecular formula is C24H31ClN4O5. The summed E-state index contributed by atoms with van der Waals surface area (Å²) < 4.78 is 11.3. The maximum atomic E-state index is 12.4. The number of carbonyl (C=O) groups excluding carboxylic acids is 1. The van der Waals surface area contributed by atoms with Crippen molar-refractivity contribution in [2.24, 2.45) is 0 Å². The number of pyridine rings is 1. The molecule has 10 heteroatoms. The molecule has 2 heterocycles. The van der Waals surface area contributed by atoms with E-state index in [1.807, 2.05) is 58.0 Å². The zero-order valence-electron chi connectivity index (χ0n) is 19.8. The molecule has 3 N–H and O–H groups in total. The standard InChI is InChI=1S/C24H31ClN4O5/c1-15(16-8-6-5-7-9-16)27-21-20(22(30)31)18(12-19(25)28-21)33-14-17-13-29(11-10-26-17)23(32)34-24(2,3)4/h5-9,12,15,17,26H,10-11,13-14H2,1-4H3,(H,27,28)(H,30,31)/t15-,17+/m0/s1. The first-order valence-corrected chi connectivity index (χ1v) is 11.5. The Morgan fingerprint density at radius 1 is 1.32 bits per heavy atom. The minimum absolute atomic E-state index is 0.103. The summed E-state index contributed by atoms with van der Waals surface area (Å²) in [6.45, 7) is 8.94. The van der Waals surface area contributed by atoms with Crippen molar-refractivity contribution < 1.29 is 24.2 Å². The lowest BCUT2D eigenvalue weighted by Gasteiger charge is -2.34. The molecule has 1 aliphatic rings. The molecule has 34 heavy (non-hydrogen) atoms. The first-order chi connectivity index (χ1) is 16.0. The van der Waals surface area contributed by atoms with Gasteiger partial charge in [-0.1, -0.05) is 41.9 Å². The van der Waals surface area contributed by atoms with Crippen molar-refractivity contribution >= 4 is 29.5 Å². The Hall–Kier alpha value is -3.04. The van der Waals surface area contributed by atoms with Gasteiger partial charge in [-0.2, -0.15) is 0 Å². The fraction of sp³-hybridized carbons (Fsp3) is 0.458. The number of anilines is 1. The van der Waals surface area contributed by atoms with Crippen molar-refractivity contribution in [3.05, 3.63) is 52.7 Å². The van der Waals surface area contributed by atoms with Gasteiger partial charge in [0.05, 0.1) is 6.04 Å². The zero-order chi connectivity index (χ0) is 24.9. The second-order valence-electron chi connectivity index (χ2n) is 9.14. The number of nitrogens with one attached hydrogen (secondary N) is 2. The lowest BCUT2D eigenvalue weighted by Crippen LogP contribution is -2.55. The minimum Gasteiger partial charge on any atom is -0.491 e. The predicted octanol–water partition coefficient (Wildman–Crippen LogP) is 4.19. The average molecular weight is 491 g/mol. The fourth-order valence-electron chi connectivity index (χ4n) is 3.57. The molecule has 3 rings (SSSR count). The highest BCUT2D eigenvalue weighted by molar-refractivity contribution is 6.29. The van der Waals surface area contributed by atoms with Crippen LogP contribution in [0.4, 0.5) is 10.6 Å². The number of aromatic nitrogens is 1. The van der Waals surface area contributed by atoms with Crippen molar-refractivity contribution in [1.29, 1.82) is 0 Å². The van der Waals surface area contributed by atoms with E-state index < -0.39 is 17.7 Å². The van der Waals surface area contributed by atoms with E-state index in [1.54, 1.807) is 4.90 Å². The van der Waals surface area contributed by atoms with Crippen molar-refractivity contribution in [2.45, 2.75) is 45.4 Å². The van der Waals surface area contributed by atoms with Crippen LogP contribution in [-0.2, 0) is 4.74 Å². The van der Waals surface area contributed by atoms with Gasteiger partial charge >= 0.3 is 12.1 Å². The molecular weight excluding hydrogens is 460 g/mol. The van der Waals surface area contributed by atoms with Crippen LogP contribution in [0.5, 0.6) is 5.75 Å². The second kappa shape index (κ2) is 10.9. The number of aromatic carboxylic acids is 1. The van der Waals surface area contributed by atoms with Crippen LogP contribution >= 0.6 is 11.6 Å². The predicted molar refractivity (Wildman–Crippen MR) is 130 cm³/mol. The van der Waals surface area contributed by atoms with E-state index >= 15 is 0 Å². The molecule has 1 amide bonds. The van der Waals surface area contributed by atoms with Crippen LogP contribution in [0.3, 0.4) is 0 Å². The van der Waals surface area contributed by atoms with Crippen LogP contribution in [0, 0.1) is 0 Å². The summed E-state index contributed by atoms with van der Waals surface area (Å²) in [6, 6.07) is 10.6. The Balaban J connectivity index is 1.73. The molecule has 0 saturated carbocycles. The Bertz CT molecular complexity index is 1010. The molecule has 0 radical (unpaired) electrons. The van der Waals surface area contributed by atoms with Crippen molar-refractivity contribution in [2.75, 3.05) is 31.6 Å². The number of amides is 1. The van der Waals surface area contributed by atoms with Crippen molar-refractivity contribution in [3.63, 3.8) is 0 Å². The Morgan fingerprint density at radius 2 is 2.03 bits per heavy atom. The number of nitrogens with zero attached hydrogens (tertiary/aromatic N) is 2. The second-order valence-corrected chi connectivity index (χ2v) is 9.52. The molecule has 1 aliphatic heterocycles. The highest BCUT2D eigenvalue weighted by atomic mass is 35.5. The summed E-state index contributed by atoms with van der Waals surface area (Å²) in [7, 11) is 0. The van der Waals surface area contributed by atoms with Crippen LogP contribution in [0.25, 0.3) is 0 Å². The monoisotopic (exact) mass is 490 g/mol. The van der Waals surface area contributed by atoms with Gasteiger partial charge in [0.1, 0.15) is 34.5 Å². The zero-order valence-corrected chi connectivity index (χ0v) is 20.6. The van der Waals surface area contributed by atoms with Crippen LogP contribution in [-0.4, -0.2) is 64.9 Å². The Kier molecular flexibility index (Phi) is 8.22. The lowest BCUT2D eigenvalue weighted by molar-refractivity contribution is 0.0178. The third-order valence-electron chi connectivity index (χ3n) is 5.17. The quantitative estimate of drug-likeness (QED) is 0.495. The Labute approximate surface area is 204 Å². The number of hydrogen-bond donors (Lipinski definition) is 3. The van der Waals surface area contributed by atoms with Crippen molar-refractivity contribution in [1.82, 2.24) is 15.2 Å². The van der Waals surface area contributed by atoms with Gasteiger partial charge < -0.3 is 30.1 Å². The summed E-state index contributed by atoms with van der Waals surface area (Å²) in [4.78, 5) is 30.3. The highest BCUT2D eigenvalue weighted by Crippen LogP contribution is 2.31. The maximum Gasteiger partial charge on any atom is 0.410 e. The van der Waals surface area contributed by atoms with Gasteiger partial charge in [-0.25, -0.2) is 14.6 Å². The molecule has 1 aromatic carbocycles. The number of ether oxygens (including phenoxy) is 2. The largest absolute Gasteiger partial charge is 0.491 e. The number of carboxylic acid groups (broad SMARTS) is 1. The van der Waals surface area contributed by atoms with Crippen molar-refractivity contribution in [3.8, 4) is 5.75 Å². The highest BCUT2D eigenvalue weighted by Gasteiger charge is 2.28. The molecule has 184 valence electrons. The summed E-state index contributed by atoms with van der Waals surface area (Å²) in [6.07, 6.45) is -0.390. The summed E-state index contributed by atoms with van der Waals surface area (Å²) in [5, 5.41) is 16.4. The number of hydrogen-bond acceptors (Lipinski definition) is 7. The molecule has 0 aliphatic carbocycles. The topological polar surface area (TPSA) is 113 Å². The van der Waals surface area contributed by atoms with Crippen LogP contribution in [0.1, 0.15) is 49.7 Å². The summed E-state index contributed by atoms with van der Waals surface area (Å²) in [5.41, 5.74) is 0.280. The lowest BCUT2D eigenvalue weighted by atomic mass is 10.1. The van der Waals surface area contributed by atoms with E-state index in [4.69, 9.17) is 21.1 Å². The average Bonchev–Trinajstić information content (AvgIpc) is 2.76. The molecule has 9 nitrogen and oxygen atoms in total. The van der Waals surface area contributed by atoms with Gasteiger partial charge in [0.15, 0.2) is 0 Å². The molecule has 0 unspecified atom stereocenters. The third-order valence-corrected chi connectivity index (χ3v) is 5.36. The normalized spacial score (nSPS) is 17.1.